The lowest BCUT2D eigenvalue weighted by atomic mass is 10.0. The molecule has 1 aliphatic rings. The van der Waals surface area contributed by atoms with E-state index in [4.69, 9.17) is 11.2 Å². The van der Waals surface area contributed by atoms with Crippen molar-refractivity contribution in [3.05, 3.63) is 76.9 Å². The van der Waals surface area contributed by atoms with E-state index < -0.39 is 17.8 Å². The largest absolute Gasteiger partial charge is 0.481 e. The topological polar surface area (TPSA) is 75.7 Å². The fourth-order valence-electron chi connectivity index (χ4n) is 3.19. The summed E-state index contributed by atoms with van der Waals surface area (Å²) in [6.45, 7) is 7.68. The summed E-state index contributed by atoms with van der Waals surface area (Å²) < 4.78 is 5.53. The van der Waals surface area contributed by atoms with E-state index in [0.717, 1.165) is 21.6 Å². The lowest BCUT2D eigenvalue weighted by molar-refractivity contribution is -0.122. The Morgan fingerprint density at radius 3 is 2.58 bits per heavy atom. The van der Waals surface area contributed by atoms with Crippen LogP contribution in [0.2, 0.25) is 0 Å². The van der Waals surface area contributed by atoms with Crippen molar-refractivity contribution in [1.82, 2.24) is 5.32 Å². The number of carbonyl (C=O) groups excluding carboxylic acids is 3. The molecule has 4 amide bonds. The Bertz CT molecular complexity index is 1150. The van der Waals surface area contributed by atoms with Gasteiger partial charge < -0.3 is 4.74 Å². The summed E-state index contributed by atoms with van der Waals surface area (Å²) in [5.41, 5.74) is 3.64. The minimum Gasteiger partial charge on any atom is -0.481 e. The van der Waals surface area contributed by atoms with E-state index in [-0.39, 0.29) is 12.2 Å². The van der Waals surface area contributed by atoms with Gasteiger partial charge in [0.15, 0.2) is 0 Å². The van der Waals surface area contributed by atoms with Crippen molar-refractivity contribution in [2.24, 2.45) is 0 Å². The average molecular weight is 414 g/mol. The van der Waals surface area contributed by atoms with Crippen LogP contribution in [0, 0.1) is 26.2 Å². The van der Waals surface area contributed by atoms with Crippen LogP contribution in [0.5, 0.6) is 5.75 Å². The van der Waals surface area contributed by atoms with Crippen LogP contribution in [-0.4, -0.2) is 24.5 Å². The molecule has 1 N–H and O–H groups in total. The molecule has 156 valence electrons. The first-order valence-corrected chi connectivity index (χ1v) is 9.64. The molecule has 0 atom stereocenters. The van der Waals surface area contributed by atoms with Crippen molar-refractivity contribution < 1.29 is 19.1 Å². The fourth-order valence-corrected chi connectivity index (χ4v) is 3.19. The SMILES string of the molecule is C#CCOc1ccc(/C=C2\C(=O)NC(=O)N(c3ccc(C)c(C)c3)C2=O)cc1CC=C. The Morgan fingerprint density at radius 1 is 1.13 bits per heavy atom. The van der Waals surface area contributed by atoms with Crippen LogP contribution in [0.1, 0.15) is 22.3 Å². The molecule has 1 aliphatic heterocycles. The van der Waals surface area contributed by atoms with Gasteiger partial charge >= 0.3 is 6.03 Å². The highest BCUT2D eigenvalue weighted by Crippen LogP contribution is 2.26. The van der Waals surface area contributed by atoms with Gasteiger partial charge in [-0.1, -0.05) is 24.1 Å². The maximum atomic E-state index is 13.1. The molecule has 0 saturated carbocycles. The predicted octanol–water partition coefficient (Wildman–Crippen LogP) is 3.71. The maximum Gasteiger partial charge on any atom is 0.335 e. The van der Waals surface area contributed by atoms with Crippen LogP contribution in [-0.2, 0) is 16.0 Å². The molecular formula is C25H22N2O4. The second-order valence-electron chi connectivity index (χ2n) is 7.08. The van der Waals surface area contributed by atoms with Crippen molar-refractivity contribution in [2.45, 2.75) is 20.3 Å². The van der Waals surface area contributed by atoms with Gasteiger partial charge in [0.1, 0.15) is 17.9 Å². The number of terminal acetylenes is 1. The van der Waals surface area contributed by atoms with Gasteiger partial charge in [0.25, 0.3) is 11.8 Å². The highest BCUT2D eigenvalue weighted by molar-refractivity contribution is 6.39. The monoisotopic (exact) mass is 414 g/mol. The highest BCUT2D eigenvalue weighted by atomic mass is 16.5. The number of nitrogens with zero attached hydrogens (tertiary/aromatic N) is 1. The molecule has 2 aromatic carbocycles. The van der Waals surface area contributed by atoms with Crippen LogP contribution in [0.15, 0.2) is 54.6 Å². The van der Waals surface area contributed by atoms with Crippen molar-refractivity contribution in [1.29, 1.82) is 0 Å². The molecule has 0 radical (unpaired) electrons. The first kappa shape index (κ1) is 21.6. The van der Waals surface area contributed by atoms with Gasteiger partial charge in [0.2, 0.25) is 0 Å². The molecule has 6 heteroatoms. The van der Waals surface area contributed by atoms with Crippen molar-refractivity contribution >= 4 is 29.6 Å². The van der Waals surface area contributed by atoms with Gasteiger partial charge in [0, 0.05) is 0 Å². The summed E-state index contributed by atoms with van der Waals surface area (Å²) in [7, 11) is 0. The first-order valence-electron chi connectivity index (χ1n) is 9.64. The van der Waals surface area contributed by atoms with Crippen LogP contribution >= 0.6 is 0 Å². The summed E-state index contributed by atoms with van der Waals surface area (Å²) in [6.07, 6.45) is 8.94. The zero-order chi connectivity index (χ0) is 22.5. The molecular weight excluding hydrogens is 392 g/mol. The Balaban J connectivity index is 1.99. The zero-order valence-corrected chi connectivity index (χ0v) is 17.4. The molecule has 1 saturated heterocycles. The second-order valence-corrected chi connectivity index (χ2v) is 7.08. The molecule has 31 heavy (non-hydrogen) atoms. The molecule has 0 aliphatic carbocycles. The summed E-state index contributed by atoms with van der Waals surface area (Å²) >= 11 is 0. The number of rotatable bonds is 6. The molecule has 0 unspecified atom stereocenters. The molecule has 0 spiro atoms. The van der Waals surface area contributed by atoms with Crippen LogP contribution in [0.25, 0.3) is 6.08 Å². The number of hydrogen-bond donors (Lipinski definition) is 1. The minimum absolute atomic E-state index is 0.124. The zero-order valence-electron chi connectivity index (χ0n) is 17.4. The van der Waals surface area contributed by atoms with Gasteiger partial charge in [-0.15, -0.1) is 13.0 Å². The molecule has 0 bridgehead atoms. The number of nitrogens with one attached hydrogen (secondary N) is 1. The number of benzene rings is 2. The second kappa shape index (κ2) is 9.14. The highest BCUT2D eigenvalue weighted by Gasteiger charge is 2.36. The van der Waals surface area contributed by atoms with Gasteiger partial charge in [-0.2, -0.15) is 0 Å². The van der Waals surface area contributed by atoms with E-state index in [2.05, 4.69) is 17.8 Å². The van der Waals surface area contributed by atoms with E-state index >= 15 is 0 Å². The predicted molar refractivity (Wildman–Crippen MR) is 120 cm³/mol. The van der Waals surface area contributed by atoms with Gasteiger partial charge in [-0.3, -0.25) is 14.9 Å². The summed E-state index contributed by atoms with van der Waals surface area (Å²) in [4.78, 5) is 38.9. The number of urea groups is 1. The van der Waals surface area contributed by atoms with E-state index in [1.54, 1.807) is 36.4 Å². The molecule has 1 heterocycles. The smallest absolute Gasteiger partial charge is 0.335 e. The van der Waals surface area contributed by atoms with Crippen molar-refractivity contribution in [3.63, 3.8) is 0 Å². The summed E-state index contributed by atoms with van der Waals surface area (Å²) in [5, 5.41) is 2.24. The Labute approximate surface area is 181 Å². The Morgan fingerprint density at radius 2 is 1.90 bits per heavy atom. The van der Waals surface area contributed by atoms with E-state index in [0.29, 0.717) is 23.4 Å². The third kappa shape index (κ3) is 4.57. The third-order valence-electron chi connectivity index (χ3n) is 4.92. The van der Waals surface area contributed by atoms with Crippen LogP contribution < -0.4 is 15.0 Å². The number of amides is 4. The maximum absolute atomic E-state index is 13.1. The normalized spacial score (nSPS) is 14.9. The number of carbonyl (C=O) groups is 3. The van der Waals surface area contributed by atoms with E-state index in [9.17, 15) is 14.4 Å². The third-order valence-corrected chi connectivity index (χ3v) is 4.92. The molecule has 6 nitrogen and oxygen atoms in total. The quantitative estimate of drug-likeness (QED) is 0.338. The number of barbiturate groups is 1. The Kier molecular flexibility index (Phi) is 6.37. The lowest BCUT2D eigenvalue weighted by Gasteiger charge is -2.27. The molecule has 1 fully saturated rings. The summed E-state index contributed by atoms with van der Waals surface area (Å²) in [5.74, 6) is 1.59. The van der Waals surface area contributed by atoms with Crippen molar-refractivity contribution in [2.75, 3.05) is 11.5 Å². The number of allylic oxidation sites excluding steroid dienone is 1. The Hall–Kier alpha value is -4.11. The standard InChI is InChI=1S/C25H22N2O4/c1-5-7-19-14-18(9-11-22(19)31-12-6-2)15-21-23(28)26-25(30)27(24(21)29)20-10-8-16(3)17(4)13-20/h2,5,8-11,13-15H,1,7,12H2,3-4H3,(H,26,28,30)/b21-15+. The van der Waals surface area contributed by atoms with Crippen LogP contribution in [0.4, 0.5) is 10.5 Å². The number of aryl methyl sites for hydroxylation is 2. The lowest BCUT2D eigenvalue weighted by Crippen LogP contribution is -2.54. The van der Waals surface area contributed by atoms with E-state index in [1.165, 1.54) is 6.08 Å². The fraction of sp³-hybridized carbons (Fsp3) is 0.160. The number of hydrogen-bond acceptors (Lipinski definition) is 4. The van der Waals surface area contributed by atoms with E-state index in [1.807, 2.05) is 19.9 Å². The average Bonchev–Trinajstić information content (AvgIpc) is 2.73. The van der Waals surface area contributed by atoms with Gasteiger partial charge in [0.05, 0.1) is 5.69 Å². The molecule has 3 rings (SSSR count). The number of ether oxygens (including phenoxy) is 1. The van der Waals surface area contributed by atoms with Crippen LogP contribution in [0.3, 0.4) is 0 Å². The summed E-state index contributed by atoms with van der Waals surface area (Å²) in [6, 6.07) is 9.68. The first-order chi connectivity index (χ1) is 14.8. The molecule has 0 aromatic heterocycles. The van der Waals surface area contributed by atoms with Crippen molar-refractivity contribution in [3.8, 4) is 18.1 Å². The number of anilines is 1. The minimum atomic E-state index is -0.777. The molecule has 2 aromatic rings. The van der Waals surface area contributed by atoms with Gasteiger partial charge in [-0.05, 0) is 72.9 Å². The van der Waals surface area contributed by atoms with Gasteiger partial charge in [-0.25, -0.2) is 9.69 Å². The number of imide groups is 2.